The molecule has 2 aliphatic rings. The van der Waals surface area contributed by atoms with Gasteiger partial charge in [-0.2, -0.15) is 0 Å². The van der Waals surface area contributed by atoms with Crippen molar-refractivity contribution in [2.45, 2.75) is 25.3 Å². The van der Waals surface area contributed by atoms with Gasteiger partial charge in [0, 0.05) is 55.4 Å². The second kappa shape index (κ2) is 7.05. The summed E-state index contributed by atoms with van der Waals surface area (Å²) in [6, 6.07) is 6.35. The molecule has 0 N–H and O–H groups in total. The van der Waals surface area contributed by atoms with Crippen molar-refractivity contribution in [1.82, 2.24) is 19.9 Å². The van der Waals surface area contributed by atoms with Gasteiger partial charge in [-0.3, -0.25) is 4.90 Å². The quantitative estimate of drug-likeness (QED) is 0.676. The molecular weight excluding hydrogens is 358 g/mol. The van der Waals surface area contributed by atoms with E-state index in [4.69, 9.17) is 4.74 Å². The molecule has 1 saturated heterocycles. The minimum Gasteiger partial charge on any atom is -0.480 e. The summed E-state index contributed by atoms with van der Waals surface area (Å²) in [5, 5.41) is 2.31. The third-order valence-electron chi connectivity index (χ3n) is 5.39. The zero-order valence-corrected chi connectivity index (χ0v) is 16.3. The molecule has 1 aliphatic carbocycles. The van der Waals surface area contributed by atoms with Crippen LogP contribution in [0.15, 0.2) is 30.7 Å². The number of ether oxygens (including phenoxy) is 1. The number of thiazole rings is 1. The number of aromatic nitrogens is 3. The lowest BCUT2D eigenvalue weighted by Crippen LogP contribution is -2.45. The number of fused-ring (bicyclic) bond motifs is 1. The molecule has 3 heterocycles. The Morgan fingerprint density at radius 1 is 1.11 bits per heavy atom. The standard InChI is InChI=1S/C20H23N5OS/c1-26-19-17-10-15(4-5-18(17)22-13-23-19)25-8-6-24(7-9-25)12-16-11-21-20(27-16)14-2-3-14/h4-5,10-11,13-14H,2-3,6-9,12H2,1H3. The molecule has 0 bridgehead atoms. The van der Waals surface area contributed by atoms with E-state index < -0.39 is 0 Å². The van der Waals surface area contributed by atoms with Crippen LogP contribution >= 0.6 is 11.3 Å². The summed E-state index contributed by atoms with van der Waals surface area (Å²) < 4.78 is 5.39. The van der Waals surface area contributed by atoms with E-state index in [1.807, 2.05) is 11.3 Å². The predicted octanol–water partition coefficient (Wildman–Crippen LogP) is 3.29. The molecule has 6 nitrogen and oxygen atoms in total. The van der Waals surface area contributed by atoms with Crippen molar-refractivity contribution in [3.8, 4) is 5.88 Å². The first-order chi connectivity index (χ1) is 13.3. The minimum atomic E-state index is 0.636. The molecule has 3 aromatic rings. The molecule has 1 saturated carbocycles. The van der Waals surface area contributed by atoms with E-state index in [0.717, 1.165) is 49.5 Å². The van der Waals surface area contributed by atoms with Gasteiger partial charge in [0.15, 0.2) is 0 Å². The molecular formula is C20H23N5OS. The molecule has 2 aromatic heterocycles. The van der Waals surface area contributed by atoms with Gasteiger partial charge in [0.25, 0.3) is 0 Å². The Morgan fingerprint density at radius 2 is 1.96 bits per heavy atom. The van der Waals surface area contributed by atoms with E-state index in [1.165, 1.54) is 28.4 Å². The minimum absolute atomic E-state index is 0.636. The molecule has 0 atom stereocenters. The lowest BCUT2D eigenvalue weighted by molar-refractivity contribution is 0.252. The normalized spacial score (nSPS) is 18.2. The molecule has 0 radical (unpaired) electrons. The van der Waals surface area contributed by atoms with Gasteiger partial charge in [-0.05, 0) is 31.0 Å². The first kappa shape index (κ1) is 16.9. The zero-order valence-electron chi connectivity index (χ0n) is 15.5. The van der Waals surface area contributed by atoms with E-state index >= 15 is 0 Å². The fourth-order valence-electron chi connectivity index (χ4n) is 3.68. The SMILES string of the molecule is COc1ncnc2ccc(N3CCN(Cc4cnc(C5CC5)s4)CC3)cc12. The summed E-state index contributed by atoms with van der Waals surface area (Å²) in [4.78, 5) is 19.5. The molecule has 5 rings (SSSR count). The van der Waals surface area contributed by atoms with Crippen LogP contribution in [0.5, 0.6) is 5.88 Å². The van der Waals surface area contributed by atoms with Crippen LogP contribution < -0.4 is 9.64 Å². The monoisotopic (exact) mass is 381 g/mol. The summed E-state index contributed by atoms with van der Waals surface area (Å²) in [7, 11) is 1.65. The van der Waals surface area contributed by atoms with Crippen molar-refractivity contribution in [3.63, 3.8) is 0 Å². The maximum Gasteiger partial charge on any atom is 0.224 e. The predicted molar refractivity (Wildman–Crippen MR) is 108 cm³/mol. The van der Waals surface area contributed by atoms with E-state index in [2.05, 4.69) is 49.1 Å². The third kappa shape index (κ3) is 3.49. The van der Waals surface area contributed by atoms with Crippen molar-refractivity contribution in [2.75, 3.05) is 38.2 Å². The summed E-state index contributed by atoms with van der Waals surface area (Å²) >= 11 is 1.91. The van der Waals surface area contributed by atoms with Crippen LogP contribution in [0.4, 0.5) is 5.69 Å². The third-order valence-corrected chi connectivity index (χ3v) is 6.54. The number of rotatable bonds is 5. The molecule has 2 fully saturated rings. The molecule has 1 aromatic carbocycles. The first-order valence-corrected chi connectivity index (χ1v) is 10.3. The maximum atomic E-state index is 5.39. The van der Waals surface area contributed by atoms with Crippen LogP contribution in [0.2, 0.25) is 0 Å². The van der Waals surface area contributed by atoms with Crippen LogP contribution in [0.25, 0.3) is 10.9 Å². The van der Waals surface area contributed by atoms with Gasteiger partial charge in [0.1, 0.15) is 6.33 Å². The van der Waals surface area contributed by atoms with Crippen molar-refractivity contribution < 1.29 is 4.74 Å². The van der Waals surface area contributed by atoms with Gasteiger partial charge in [0.05, 0.1) is 23.0 Å². The van der Waals surface area contributed by atoms with Gasteiger partial charge >= 0.3 is 0 Å². The molecule has 27 heavy (non-hydrogen) atoms. The van der Waals surface area contributed by atoms with Gasteiger partial charge in [0.2, 0.25) is 5.88 Å². The Bertz CT molecular complexity index is 946. The zero-order chi connectivity index (χ0) is 18.2. The van der Waals surface area contributed by atoms with Crippen molar-refractivity contribution in [1.29, 1.82) is 0 Å². The number of hydrogen-bond acceptors (Lipinski definition) is 7. The molecule has 140 valence electrons. The molecule has 0 unspecified atom stereocenters. The van der Waals surface area contributed by atoms with Gasteiger partial charge in [-0.1, -0.05) is 0 Å². The van der Waals surface area contributed by atoms with E-state index in [-0.39, 0.29) is 0 Å². The highest BCUT2D eigenvalue weighted by Crippen LogP contribution is 2.41. The topological polar surface area (TPSA) is 54.4 Å². The Morgan fingerprint density at radius 3 is 2.74 bits per heavy atom. The summed E-state index contributed by atoms with van der Waals surface area (Å²) in [6.45, 7) is 5.21. The summed E-state index contributed by atoms with van der Waals surface area (Å²) in [6.07, 6.45) is 6.29. The number of methoxy groups -OCH3 is 1. The summed E-state index contributed by atoms with van der Waals surface area (Å²) in [5.74, 6) is 1.40. The van der Waals surface area contributed by atoms with Crippen molar-refractivity contribution in [2.24, 2.45) is 0 Å². The second-order valence-corrected chi connectivity index (χ2v) is 8.43. The van der Waals surface area contributed by atoms with Crippen LogP contribution in [0, 0.1) is 0 Å². The number of benzene rings is 1. The smallest absolute Gasteiger partial charge is 0.224 e. The maximum absolute atomic E-state index is 5.39. The van der Waals surface area contributed by atoms with Crippen molar-refractivity contribution in [3.05, 3.63) is 40.6 Å². The highest BCUT2D eigenvalue weighted by atomic mass is 32.1. The average Bonchev–Trinajstić information content (AvgIpc) is 3.47. The second-order valence-electron chi connectivity index (χ2n) is 7.29. The summed E-state index contributed by atoms with van der Waals surface area (Å²) in [5.41, 5.74) is 2.13. The Labute approximate surface area is 162 Å². The number of nitrogens with zero attached hydrogens (tertiary/aromatic N) is 5. The molecule has 0 spiro atoms. The van der Waals surface area contributed by atoms with Crippen LogP contribution in [-0.4, -0.2) is 53.1 Å². The van der Waals surface area contributed by atoms with Crippen LogP contribution in [0.3, 0.4) is 0 Å². The van der Waals surface area contributed by atoms with Gasteiger partial charge in [-0.25, -0.2) is 15.0 Å². The fourth-order valence-corrected chi connectivity index (χ4v) is 4.81. The Kier molecular flexibility index (Phi) is 4.41. The van der Waals surface area contributed by atoms with Gasteiger partial charge < -0.3 is 9.64 Å². The van der Waals surface area contributed by atoms with Crippen molar-refractivity contribution >= 4 is 27.9 Å². The van der Waals surface area contributed by atoms with Crippen LogP contribution in [-0.2, 0) is 6.54 Å². The van der Waals surface area contributed by atoms with E-state index in [1.54, 1.807) is 13.4 Å². The Hall–Kier alpha value is -2.25. The number of piperazine rings is 1. The lowest BCUT2D eigenvalue weighted by Gasteiger charge is -2.36. The Balaban J connectivity index is 1.25. The largest absolute Gasteiger partial charge is 0.480 e. The fraction of sp³-hybridized carbons (Fsp3) is 0.450. The molecule has 0 amide bonds. The highest BCUT2D eigenvalue weighted by Gasteiger charge is 2.27. The number of anilines is 1. The van der Waals surface area contributed by atoms with Gasteiger partial charge in [-0.15, -0.1) is 11.3 Å². The highest BCUT2D eigenvalue weighted by molar-refractivity contribution is 7.11. The van der Waals surface area contributed by atoms with E-state index in [0.29, 0.717) is 5.88 Å². The van der Waals surface area contributed by atoms with Crippen LogP contribution in [0.1, 0.15) is 28.6 Å². The van der Waals surface area contributed by atoms with E-state index in [9.17, 15) is 0 Å². The molecule has 1 aliphatic heterocycles. The number of hydrogen-bond donors (Lipinski definition) is 0. The lowest BCUT2D eigenvalue weighted by atomic mass is 10.2. The molecule has 7 heteroatoms. The average molecular weight is 382 g/mol. The first-order valence-electron chi connectivity index (χ1n) is 9.51.